The zero-order chi connectivity index (χ0) is 24.3. The van der Waals surface area contributed by atoms with Crippen molar-refractivity contribution in [3.63, 3.8) is 0 Å². The Bertz CT molecular complexity index is 1470. The summed E-state index contributed by atoms with van der Waals surface area (Å²) in [5.74, 6) is 1.59. The average Bonchev–Trinajstić information content (AvgIpc) is 3.51. The average molecular weight is 468 g/mol. The van der Waals surface area contributed by atoms with E-state index < -0.39 is 0 Å². The fourth-order valence-corrected chi connectivity index (χ4v) is 5.02. The third-order valence-corrected chi connectivity index (χ3v) is 6.72. The lowest BCUT2D eigenvalue weighted by atomic mass is 9.85. The maximum absolute atomic E-state index is 13.0. The van der Waals surface area contributed by atoms with E-state index >= 15 is 0 Å². The normalized spacial score (nSPS) is 17.2. The molecule has 4 aromatic rings. The number of nitrogens with zero attached hydrogens (tertiary/aromatic N) is 3. The molecule has 1 amide bonds. The summed E-state index contributed by atoms with van der Waals surface area (Å²) >= 11 is 0. The Hall–Kier alpha value is -4.17. The Morgan fingerprint density at radius 3 is 2.54 bits per heavy atom. The lowest BCUT2D eigenvalue weighted by Crippen LogP contribution is -2.24. The predicted octanol–water partition coefficient (Wildman–Crippen LogP) is 4.26. The van der Waals surface area contributed by atoms with Crippen molar-refractivity contribution in [1.29, 1.82) is 0 Å². The first-order valence-electron chi connectivity index (χ1n) is 11.5. The number of nitrogen functional groups attached to an aromatic ring is 1. The SMILES string of the molecule is Cc1cc(N)nc(C)c1CNC(=O)c1ccc2c(c1)[C@@H]1O[C@H]2c2ccc(Oc3ccn(C)n3)cc21. The standard InChI is InChI=1S/C27H25N5O3/c1-14-10-23(28)30-15(2)22(14)13-29-27(33)16-4-6-18-20(11-16)26-21-12-17(5-7-19(21)25(18)35-26)34-24-8-9-32(3)31-24/h4-12,25-26H,13H2,1-3H3,(H2,28,30)(H,29,33)/t25-,26+/m1/s1. The van der Waals surface area contributed by atoms with Crippen LogP contribution in [0.2, 0.25) is 0 Å². The maximum Gasteiger partial charge on any atom is 0.251 e. The van der Waals surface area contributed by atoms with E-state index in [4.69, 9.17) is 15.2 Å². The minimum absolute atomic E-state index is 0.128. The van der Waals surface area contributed by atoms with Gasteiger partial charge in [-0.3, -0.25) is 9.48 Å². The summed E-state index contributed by atoms with van der Waals surface area (Å²) < 4.78 is 13.9. The number of amides is 1. The molecule has 4 heterocycles. The highest BCUT2D eigenvalue weighted by molar-refractivity contribution is 5.94. The molecule has 2 aromatic carbocycles. The number of ether oxygens (including phenoxy) is 2. The Balaban J connectivity index is 1.22. The van der Waals surface area contributed by atoms with Gasteiger partial charge in [0.1, 0.15) is 23.8 Å². The molecule has 2 atom stereocenters. The van der Waals surface area contributed by atoms with Crippen LogP contribution in [0.15, 0.2) is 54.7 Å². The fourth-order valence-electron chi connectivity index (χ4n) is 5.02. The number of nitrogens with two attached hydrogens (primary N) is 1. The minimum Gasteiger partial charge on any atom is -0.438 e. The van der Waals surface area contributed by atoms with E-state index in [0.717, 1.165) is 39.1 Å². The summed E-state index contributed by atoms with van der Waals surface area (Å²) in [7, 11) is 1.85. The number of aryl methyl sites for hydroxylation is 3. The van der Waals surface area contributed by atoms with Crippen molar-refractivity contribution in [2.24, 2.45) is 7.05 Å². The molecule has 2 bridgehead atoms. The lowest BCUT2D eigenvalue weighted by Gasteiger charge is -2.18. The summed E-state index contributed by atoms with van der Waals surface area (Å²) in [6.07, 6.45) is 1.48. The quantitative estimate of drug-likeness (QED) is 0.455. The predicted molar refractivity (Wildman–Crippen MR) is 130 cm³/mol. The second kappa shape index (κ2) is 7.95. The van der Waals surface area contributed by atoms with Gasteiger partial charge in [-0.2, -0.15) is 0 Å². The number of carbonyl (C=O) groups is 1. The van der Waals surface area contributed by atoms with Crippen LogP contribution in [0.1, 0.15) is 61.6 Å². The molecule has 3 N–H and O–H groups in total. The van der Waals surface area contributed by atoms with Crippen molar-refractivity contribution in [3.05, 3.63) is 99.4 Å². The van der Waals surface area contributed by atoms with Gasteiger partial charge in [0.2, 0.25) is 5.88 Å². The molecule has 35 heavy (non-hydrogen) atoms. The van der Waals surface area contributed by atoms with Gasteiger partial charge in [-0.05, 0) is 77.6 Å². The molecule has 0 spiro atoms. The van der Waals surface area contributed by atoms with Gasteiger partial charge in [0.25, 0.3) is 5.91 Å². The van der Waals surface area contributed by atoms with Gasteiger partial charge in [-0.1, -0.05) is 12.1 Å². The van der Waals surface area contributed by atoms with Crippen molar-refractivity contribution in [2.75, 3.05) is 5.73 Å². The topological polar surface area (TPSA) is 104 Å². The van der Waals surface area contributed by atoms with Crippen molar-refractivity contribution in [2.45, 2.75) is 32.6 Å². The minimum atomic E-state index is -0.226. The molecule has 2 aliphatic heterocycles. The highest BCUT2D eigenvalue weighted by atomic mass is 16.5. The zero-order valence-corrected chi connectivity index (χ0v) is 19.7. The zero-order valence-electron chi connectivity index (χ0n) is 19.7. The molecular weight excluding hydrogens is 442 g/mol. The summed E-state index contributed by atoms with van der Waals surface area (Å²) in [6.45, 7) is 4.26. The Morgan fingerprint density at radius 2 is 1.80 bits per heavy atom. The van der Waals surface area contributed by atoms with Crippen LogP contribution in [0, 0.1) is 13.8 Å². The van der Waals surface area contributed by atoms with E-state index in [2.05, 4.69) is 15.4 Å². The Morgan fingerprint density at radius 1 is 1.06 bits per heavy atom. The number of hydrogen-bond acceptors (Lipinski definition) is 6. The number of nitrogens with one attached hydrogen (secondary N) is 1. The van der Waals surface area contributed by atoms with Gasteiger partial charge in [-0.15, -0.1) is 5.10 Å². The Kier molecular flexibility index (Phi) is 4.86. The van der Waals surface area contributed by atoms with Crippen LogP contribution in [-0.4, -0.2) is 20.7 Å². The molecule has 176 valence electrons. The summed E-state index contributed by atoms with van der Waals surface area (Å²) in [4.78, 5) is 17.3. The molecule has 2 aliphatic rings. The molecule has 0 saturated heterocycles. The molecule has 6 rings (SSSR count). The monoisotopic (exact) mass is 467 g/mol. The maximum atomic E-state index is 13.0. The molecule has 0 fully saturated rings. The highest BCUT2D eigenvalue weighted by Gasteiger charge is 2.43. The van der Waals surface area contributed by atoms with Gasteiger partial charge in [0, 0.05) is 37.1 Å². The van der Waals surface area contributed by atoms with E-state index in [1.165, 1.54) is 0 Å². The molecule has 2 aromatic heterocycles. The third-order valence-electron chi connectivity index (χ3n) is 6.72. The number of benzene rings is 2. The number of carbonyl (C=O) groups excluding carboxylic acids is 1. The molecule has 0 saturated carbocycles. The van der Waals surface area contributed by atoms with Gasteiger partial charge >= 0.3 is 0 Å². The first kappa shape index (κ1) is 21.4. The van der Waals surface area contributed by atoms with Crippen LogP contribution < -0.4 is 15.8 Å². The van der Waals surface area contributed by atoms with Crippen LogP contribution in [0.5, 0.6) is 11.6 Å². The van der Waals surface area contributed by atoms with E-state index in [-0.39, 0.29) is 18.1 Å². The van der Waals surface area contributed by atoms with Crippen molar-refractivity contribution >= 4 is 11.7 Å². The second-order valence-corrected chi connectivity index (χ2v) is 9.07. The largest absolute Gasteiger partial charge is 0.438 e. The van der Waals surface area contributed by atoms with Crippen LogP contribution >= 0.6 is 0 Å². The first-order valence-corrected chi connectivity index (χ1v) is 11.5. The van der Waals surface area contributed by atoms with E-state index in [0.29, 0.717) is 29.6 Å². The van der Waals surface area contributed by atoms with E-state index in [1.807, 2.05) is 75.6 Å². The third kappa shape index (κ3) is 3.63. The summed E-state index contributed by atoms with van der Waals surface area (Å²) in [5.41, 5.74) is 13.5. The number of aromatic nitrogens is 3. The van der Waals surface area contributed by atoms with E-state index in [1.54, 1.807) is 4.68 Å². The van der Waals surface area contributed by atoms with Crippen molar-refractivity contribution < 1.29 is 14.3 Å². The fraction of sp³-hybridized carbons (Fsp3) is 0.222. The molecule has 0 radical (unpaired) electrons. The number of pyridine rings is 1. The molecule has 8 nitrogen and oxygen atoms in total. The highest BCUT2D eigenvalue weighted by Crippen LogP contribution is 2.55. The number of anilines is 1. The Labute approximate surface area is 202 Å². The van der Waals surface area contributed by atoms with Crippen molar-refractivity contribution in [1.82, 2.24) is 20.1 Å². The van der Waals surface area contributed by atoms with Gasteiger partial charge in [0.05, 0.1) is 0 Å². The molecular formula is C27H25N5O3. The molecule has 0 aliphatic carbocycles. The second-order valence-electron chi connectivity index (χ2n) is 9.07. The summed E-state index contributed by atoms with van der Waals surface area (Å²) in [6, 6.07) is 15.4. The number of rotatable bonds is 5. The van der Waals surface area contributed by atoms with Crippen LogP contribution in [-0.2, 0) is 18.3 Å². The molecule has 0 unspecified atom stereocenters. The van der Waals surface area contributed by atoms with Gasteiger partial charge in [-0.25, -0.2) is 4.98 Å². The first-order chi connectivity index (χ1) is 16.9. The number of fused-ring (bicyclic) bond motifs is 8. The lowest BCUT2D eigenvalue weighted by molar-refractivity contribution is 0.0857. The smallest absolute Gasteiger partial charge is 0.251 e. The van der Waals surface area contributed by atoms with E-state index in [9.17, 15) is 4.79 Å². The van der Waals surface area contributed by atoms with Gasteiger partial charge < -0.3 is 20.5 Å². The van der Waals surface area contributed by atoms with Crippen molar-refractivity contribution in [3.8, 4) is 11.6 Å². The number of hydrogen-bond donors (Lipinski definition) is 2. The summed E-state index contributed by atoms with van der Waals surface area (Å²) in [5, 5.41) is 7.30. The van der Waals surface area contributed by atoms with Crippen LogP contribution in [0.4, 0.5) is 5.82 Å². The van der Waals surface area contributed by atoms with Gasteiger partial charge in [0.15, 0.2) is 0 Å². The van der Waals surface area contributed by atoms with Crippen LogP contribution in [0.3, 0.4) is 0 Å². The van der Waals surface area contributed by atoms with Crippen LogP contribution in [0.25, 0.3) is 0 Å². The molecule has 8 heteroatoms.